The number of allylic oxidation sites excluding steroid dienone is 2. The third kappa shape index (κ3) is 4.47. The van der Waals surface area contributed by atoms with Gasteiger partial charge in [0.1, 0.15) is 0 Å². The van der Waals surface area contributed by atoms with Gasteiger partial charge in [-0.1, -0.05) is 52.0 Å². The Kier molecular flexibility index (Phi) is 6.18. The minimum Gasteiger partial charge on any atom is -0.422 e. The molecule has 0 fully saturated rings. The third-order valence-electron chi connectivity index (χ3n) is 4.43. The maximum Gasteiger partial charge on any atom is 0.315 e. The molecule has 130 valence electrons. The minimum atomic E-state index is -0.292. The Hall–Kier alpha value is -2.10. The third-order valence-corrected chi connectivity index (χ3v) is 4.43. The molecule has 0 aliphatic carbocycles. The second-order valence-electron chi connectivity index (χ2n) is 6.93. The molecule has 0 saturated heterocycles. The van der Waals surface area contributed by atoms with E-state index in [1.54, 1.807) is 24.3 Å². The largest absolute Gasteiger partial charge is 0.422 e. The zero-order chi connectivity index (χ0) is 17.7. The zero-order valence-corrected chi connectivity index (χ0v) is 14.8. The van der Waals surface area contributed by atoms with E-state index in [-0.39, 0.29) is 35.6 Å². The van der Waals surface area contributed by atoms with Gasteiger partial charge in [0, 0.05) is 0 Å². The summed E-state index contributed by atoms with van der Waals surface area (Å²) in [6, 6.07) is 6.83. The summed E-state index contributed by atoms with van der Waals surface area (Å²) in [4.78, 5) is 25.0. The molecule has 1 aliphatic heterocycles. The molecule has 0 spiro atoms. The van der Waals surface area contributed by atoms with Gasteiger partial charge < -0.3 is 9.47 Å². The molecule has 2 rings (SSSR count). The quantitative estimate of drug-likeness (QED) is 0.458. The van der Waals surface area contributed by atoms with Crippen LogP contribution >= 0.6 is 0 Å². The molecule has 0 radical (unpaired) electrons. The van der Waals surface area contributed by atoms with Crippen LogP contribution in [-0.2, 0) is 9.59 Å². The number of esters is 2. The van der Waals surface area contributed by atoms with E-state index < -0.39 is 0 Å². The van der Waals surface area contributed by atoms with E-state index in [0.29, 0.717) is 24.3 Å². The van der Waals surface area contributed by atoms with E-state index in [1.807, 2.05) is 39.8 Å². The van der Waals surface area contributed by atoms with Crippen molar-refractivity contribution in [3.8, 4) is 11.5 Å². The fourth-order valence-electron chi connectivity index (χ4n) is 2.75. The van der Waals surface area contributed by atoms with Crippen LogP contribution in [0.3, 0.4) is 0 Å². The average molecular weight is 330 g/mol. The Bertz CT molecular complexity index is 563. The smallest absolute Gasteiger partial charge is 0.315 e. The number of hydrogen-bond acceptors (Lipinski definition) is 4. The molecule has 0 N–H and O–H groups in total. The van der Waals surface area contributed by atoms with Crippen LogP contribution in [0.25, 0.3) is 0 Å². The summed E-state index contributed by atoms with van der Waals surface area (Å²) in [5, 5.41) is 0. The summed E-state index contributed by atoms with van der Waals surface area (Å²) < 4.78 is 11.1. The predicted octanol–water partition coefficient (Wildman–Crippen LogP) is 4.39. The molecule has 2 atom stereocenters. The van der Waals surface area contributed by atoms with E-state index in [0.717, 1.165) is 0 Å². The Morgan fingerprint density at radius 1 is 0.792 bits per heavy atom. The van der Waals surface area contributed by atoms with Crippen LogP contribution in [0.15, 0.2) is 36.4 Å². The summed E-state index contributed by atoms with van der Waals surface area (Å²) in [6.07, 6.45) is 5.17. The highest BCUT2D eigenvalue weighted by molar-refractivity contribution is 5.79. The molecule has 0 unspecified atom stereocenters. The van der Waals surface area contributed by atoms with Gasteiger partial charge in [-0.05, 0) is 36.8 Å². The van der Waals surface area contributed by atoms with Gasteiger partial charge in [-0.3, -0.25) is 9.59 Å². The van der Waals surface area contributed by atoms with Gasteiger partial charge in [-0.25, -0.2) is 0 Å². The molecule has 1 aromatic rings. The first-order valence-corrected chi connectivity index (χ1v) is 8.57. The molecule has 1 aliphatic rings. The van der Waals surface area contributed by atoms with Crippen LogP contribution in [0.1, 0.15) is 40.5 Å². The lowest BCUT2D eigenvalue weighted by Crippen LogP contribution is -2.27. The minimum absolute atomic E-state index is 0.167. The van der Waals surface area contributed by atoms with Crippen molar-refractivity contribution in [2.45, 2.75) is 40.5 Å². The Balaban J connectivity index is 2.37. The second kappa shape index (κ2) is 8.13. The van der Waals surface area contributed by atoms with Crippen LogP contribution in [0, 0.1) is 23.7 Å². The number of carbonyl (C=O) groups excluding carboxylic acids is 2. The number of hydrogen-bond donors (Lipinski definition) is 0. The average Bonchev–Trinajstić information content (AvgIpc) is 2.50. The first kappa shape index (κ1) is 18.2. The molecule has 24 heavy (non-hydrogen) atoms. The van der Waals surface area contributed by atoms with Gasteiger partial charge in [-0.15, -0.1) is 0 Å². The maximum atomic E-state index is 12.5. The number of ether oxygens (including phenoxy) is 2. The molecule has 4 heteroatoms. The summed E-state index contributed by atoms with van der Waals surface area (Å²) in [6.45, 7) is 8.03. The van der Waals surface area contributed by atoms with E-state index in [1.165, 1.54) is 0 Å². The molecule has 0 aromatic heterocycles. The highest BCUT2D eigenvalue weighted by atomic mass is 16.6. The molecule has 0 saturated carbocycles. The lowest BCUT2D eigenvalue weighted by molar-refractivity contribution is -0.143. The van der Waals surface area contributed by atoms with Gasteiger partial charge in [0.05, 0.1) is 11.8 Å². The van der Waals surface area contributed by atoms with E-state index in [2.05, 4.69) is 0 Å². The predicted molar refractivity (Wildman–Crippen MR) is 92.7 cm³/mol. The number of rotatable bonds is 2. The van der Waals surface area contributed by atoms with Crippen molar-refractivity contribution in [3.63, 3.8) is 0 Å². The van der Waals surface area contributed by atoms with Crippen molar-refractivity contribution in [2.24, 2.45) is 23.7 Å². The normalized spacial score (nSPS) is 22.4. The first-order chi connectivity index (χ1) is 11.4. The standard InChI is InChI=1S/C20H26O4/c1-13(2)15-9-5-6-10-16(14(3)4)20(22)24-18-12-8-7-11-17(18)23-19(15)21/h5-8,11-16H,9-10H2,1-4H3/t15-,16-/m0/s1. The van der Waals surface area contributed by atoms with Crippen molar-refractivity contribution in [1.82, 2.24) is 0 Å². The molecule has 0 bridgehead atoms. The van der Waals surface area contributed by atoms with Crippen LogP contribution in [0.4, 0.5) is 0 Å². The van der Waals surface area contributed by atoms with Gasteiger partial charge in [0.25, 0.3) is 0 Å². The van der Waals surface area contributed by atoms with E-state index in [4.69, 9.17) is 9.47 Å². The van der Waals surface area contributed by atoms with Gasteiger partial charge in [-0.2, -0.15) is 0 Å². The Morgan fingerprint density at radius 3 is 1.50 bits per heavy atom. The van der Waals surface area contributed by atoms with Crippen molar-refractivity contribution >= 4 is 11.9 Å². The zero-order valence-electron chi connectivity index (χ0n) is 14.8. The highest BCUT2D eigenvalue weighted by Crippen LogP contribution is 2.31. The Morgan fingerprint density at radius 2 is 1.17 bits per heavy atom. The summed E-state index contributed by atoms with van der Waals surface area (Å²) in [5.74, 6) is -0.0920. The first-order valence-electron chi connectivity index (χ1n) is 8.57. The summed E-state index contributed by atoms with van der Waals surface area (Å²) in [5.41, 5.74) is 0. The molecule has 4 nitrogen and oxygen atoms in total. The number of carbonyl (C=O) groups is 2. The SMILES string of the molecule is CC(C)[C@@H]1CC=CC[C@@H](C(C)C)C(=O)Oc2ccccc2OC1=O. The Labute approximate surface area is 143 Å². The second-order valence-corrected chi connectivity index (χ2v) is 6.93. The fourth-order valence-corrected chi connectivity index (χ4v) is 2.75. The van der Waals surface area contributed by atoms with Crippen molar-refractivity contribution in [2.75, 3.05) is 0 Å². The number of benzene rings is 1. The van der Waals surface area contributed by atoms with Crippen LogP contribution < -0.4 is 9.47 Å². The van der Waals surface area contributed by atoms with E-state index in [9.17, 15) is 9.59 Å². The van der Waals surface area contributed by atoms with Crippen LogP contribution in [0.2, 0.25) is 0 Å². The number of fused-ring (bicyclic) bond motifs is 1. The van der Waals surface area contributed by atoms with Crippen LogP contribution in [-0.4, -0.2) is 11.9 Å². The van der Waals surface area contributed by atoms with Crippen molar-refractivity contribution < 1.29 is 19.1 Å². The molecule has 0 amide bonds. The van der Waals surface area contributed by atoms with Gasteiger partial charge in [0.15, 0.2) is 11.5 Å². The van der Waals surface area contributed by atoms with E-state index >= 15 is 0 Å². The van der Waals surface area contributed by atoms with Gasteiger partial charge in [0.2, 0.25) is 0 Å². The highest BCUT2D eigenvalue weighted by Gasteiger charge is 2.28. The monoisotopic (exact) mass is 330 g/mol. The van der Waals surface area contributed by atoms with Gasteiger partial charge >= 0.3 is 11.9 Å². The maximum absolute atomic E-state index is 12.5. The number of para-hydroxylation sites is 2. The van der Waals surface area contributed by atoms with Crippen molar-refractivity contribution in [3.05, 3.63) is 36.4 Å². The summed E-state index contributed by atoms with van der Waals surface area (Å²) >= 11 is 0. The van der Waals surface area contributed by atoms with Crippen molar-refractivity contribution in [1.29, 1.82) is 0 Å². The molecule has 1 heterocycles. The van der Waals surface area contributed by atoms with Crippen LogP contribution in [0.5, 0.6) is 11.5 Å². The molecule has 1 aromatic carbocycles. The topological polar surface area (TPSA) is 52.6 Å². The molecular weight excluding hydrogens is 304 g/mol. The molecular formula is C20H26O4. The fraction of sp³-hybridized carbons (Fsp3) is 0.500. The lowest BCUT2D eigenvalue weighted by atomic mass is 9.90. The summed E-state index contributed by atoms with van der Waals surface area (Å²) in [7, 11) is 0. The lowest BCUT2D eigenvalue weighted by Gasteiger charge is -2.22.